The zero-order valence-electron chi connectivity index (χ0n) is 10.9. The van der Waals surface area contributed by atoms with Crippen molar-refractivity contribution in [3.05, 3.63) is 0 Å². The van der Waals surface area contributed by atoms with Gasteiger partial charge in [0, 0.05) is 6.04 Å². The van der Waals surface area contributed by atoms with E-state index in [0.717, 1.165) is 25.7 Å². The molecule has 1 amide bonds. The van der Waals surface area contributed by atoms with Gasteiger partial charge in [-0.05, 0) is 31.1 Å². The van der Waals surface area contributed by atoms with Gasteiger partial charge in [0.25, 0.3) is 0 Å². The summed E-state index contributed by atoms with van der Waals surface area (Å²) in [5.74, 6) is -0.357. The molecular formula is C12H21F3N2O. The van der Waals surface area contributed by atoms with Crippen LogP contribution in [0, 0.1) is 5.41 Å². The van der Waals surface area contributed by atoms with Gasteiger partial charge in [-0.25, -0.2) is 0 Å². The lowest BCUT2D eigenvalue weighted by atomic mass is 9.75. The Labute approximate surface area is 106 Å². The SMILES string of the molecule is CC1(C)CCC(NC(=O)CNCC(F)(F)F)CC1. The minimum absolute atomic E-state index is 0.109. The van der Waals surface area contributed by atoms with E-state index < -0.39 is 12.7 Å². The van der Waals surface area contributed by atoms with Crippen molar-refractivity contribution in [2.45, 2.75) is 51.7 Å². The molecule has 1 aliphatic carbocycles. The highest BCUT2D eigenvalue weighted by atomic mass is 19.4. The van der Waals surface area contributed by atoms with Crippen LogP contribution in [0.4, 0.5) is 13.2 Å². The molecule has 0 atom stereocenters. The zero-order chi connectivity index (χ0) is 13.8. The normalized spacial score (nSPS) is 20.7. The number of halogens is 3. The monoisotopic (exact) mass is 266 g/mol. The third-order valence-electron chi connectivity index (χ3n) is 3.32. The van der Waals surface area contributed by atoms with Crippen LogP contribution in [0.1, 0.15) is 39.5 Å². The van der Waals surface area contributed by atoms with Gasteiger partial charge in [0.1, 0.15) is 0 Å². The summed E-state index contributed by atoms with van der Waals surface area (Å²) in [5.41, 5.74) is 0.315. The van der Waals surface area contributed by atoms with Gasteiger partial charge in [-0.1, -0.05) is 13.8 Å². The van der Waals surface area contributed by atoms with E-state index in [-0.39, 0.29) is 18.5 Å². The van der Waals surface area contributed by atoms with E-state index in [1.54, 1.807) is 0 Å². The summed E-state index contributed by atoms with van der Waals surface area (Å²) in [6.07, 6.45) is -0.396. The molecular weight excluding hydrogens is 245 g/mol. The summed E-state index contributed by atoms with van der Waals surface area (Å²) in [4.78, 5) is 11.4. The first kappa shape index (κ1) is 15.3. The molecule has 0 radical (unpaired) electrons. The second-order valence-corrected chi connectivity index (χ2v) is 5.72. The Morgan fingerprint density at radius 2 is 1.83 bits per heavy atom. The molecule has 2 N–H and O–H groups in total. The molecule has 6 heteroatoms. The number of carbonyl (C=O) groups is 1. The number of nitrogens with one attached hydrogen (secondary N) is 2. The quantitative estimate of drug-likeness (QED) is 0.819. The van der Waals surface area contributed by atoms with Crippen LogP contribution < -0.4 is 10.6 Å². The molecule has 0 aliphatic heterocycles. The lowest BCUT2D eigenvalue weighted by molar-refractivity contribution is -0.128. The van der Waals surface area contributed by atoms with Crippen molar-refractivity contribution in [1.29, 1.82) is 0 Å². The standard InChI is InChI=1S/C12H21F3N2O/c1-11(2)5-3-9(4-6-11)17-10(18)7-16-8-12(13,14)15/h9,16H,3-8H2,1-2H3,(H,17,18). The molecule has 106 valence electrons. The average molecular weight is 266 g/mol. The van der Waals surface area contributed by atoms with Crippen LogP contribution in [0.25, 0.3) is 0 Å². The molecule has 0 bridgehead atoms. The topological polar surface area (TPSA) is 41.1 Å². The highest BCUT2D eigenvalue weighted by Gasteiger charge is 2.28. The van der Waals surface area contributed by atoms with Crippen molar-refractivity contribution in [1.82, 2.24) is 10.6 Å². The van der Waals surface area contributed by atoms with Gasteiger partial charge >= 0.3 is 6.18 Å². The first-order chi connectivity index (χ1) is 8.18. The van der Waals surface area contributed by atoms with Crippen molar-refractivity contribution >= 4 is 5.91 Å². The van der Waals surface area contributed by atoms with E-state index in [0.29, 0.717) is 5.41 Å². The van der Waals surface area contributed by atoms with Crippen molar-refractivity contribution in [2.75, 3.05) is 13.1 Å². The molecule has 0 heterocycles. The van der Waals surface area contributed by atoms with Crippen LogP contribution in [0.3, 0.4) is 0 Å². The fourth-order valence-corrected chi connectivity index (χ4v) is 2.14. The van der Waals surface area contributed by atoms with Crippen LogP contribution in [-0.4, -0.2) is 31.2 Å². The van der Waals surface area contributed by atoms with E-state index >= 15 is 0 Å². The minimum Gasteiger partial charge on any atom is -0.352 e. The highest BCUT2D eigenvalue weighted by molar-refractivity contribution is 5.78. The molecule has 0 saturated heterocycles. The van der Waals surface area contributed by atoms with Gasteiger partial charge in [0.15, 0.2) is 0 Å². The minimum atomic E-state index is -4.27. The zero-order valence-corrected chi connectivity index (χ0v) is 10.9. The second-order valence-electron chi connectivity index (χ2n) is 5.72. The van der Waals surface area contributed by atoms with E-state index in [1.807, 2.05) is 0 Å². The summed E-state index contributed by atoms with van der Waals surface area (Å²) < 4.78 is 35.6. The molecule has 0 spiro atoms. The Bertz CT molecular complexity index is 280. The fraction of sp³-hybridized carbons (Fsp3) is 0.917. The average Bonchev–Trinajstić information content (AvgIpc) is 2.19. The Balaban J connectivity index is 2.17. The van der Waals surface area contributed by atoms with Gasteiger partial charge in [0.05, 0.1) is 13.1 Å². The lowest BCUT2D eigenvalue weighted by Crippen LogP contribution is -2.44. The Morgan fingerprint density at radius 1 is 1.28 bits per heavy atom. The number of hydrogen-bond acceptors (Lipinski definition) is 2. The number of carbonyl (C=O) groups excluding carboxylic acids is 1. The van der Waals surface area contributed by atoms with Crippen LogP contribution in [0.15, 0.2) is 0 Å². The molecule has 18 heavy (non-hydrogen) atoms. The van der Waals surface area contributed by atoms with Gasteiger partial charge in [-0.3, -0.25) is 4.79 Å². The van der Waals surface area contributed by atoms with Crippen molar-refractivity contribution in [2.24, 2.45) is 5.41 Å². The lowest BCUT2D eigenvalue weighted by Gasteiger charge is -2.34. The molecule has 1 fully saturated rings. The molecule has 1 saturated carbocycles. The highest BCUT2D eigenvalue weighted by Crippen LogP contribution is 2.34. The van der Waals surface area contributed by atoms with Crippen molar-refractivity contribution < 1.29 is 18.0 Å². The van der Waals surface area contributed by atoms with Crippen LogP contribution in [-0.2, 0) is 4.79 Å². The maximum absolute atomic E-state index is 11.9. The predicted molar refractivity (Wildman–Crippen MR) is 63.1 cm³/mol. The van der Waals surface area contributed by atoms with Crippen molar-refractivity contribution in [3.63, 3.8) is 0 Å². The van der Waals surface area contributed by atoms with Gasteiger partial charge in [0.2, 0.25) is 5.91 Å². The van der Waals surface area contributed by atoms with Gasteiger partial charge in [-0.2, -0.15) is 13.2 Å². The molecule has 0 aromatic heterocycles. The largest absolute Gasteiger partial charge is 0.401 e. The van der Waals surface area contributed by atoms with Crippen molar-refractivity contribution in [3.8, 4) is 0 Å². The Hall–Kier alpha value is -0.780. The molecule has 0 unspecified atom stereocenters. The first-order valence-electron chi connectivity index (χ1n) is 6.25. The van der Waals surface area contributed by atoms with E-state index in [4.69, 9.17) is 0 Å². The van der Waals surface area contributed by atoms with Crippen LogP contribution >= 0.6 is 0 Å². The predicted octanol–water partition coefficient (Wildman–Crippen LogP) is 2.22. The number of hydrogen-bond donors (Lipinski definition) is 2. The molecule has 1 aliphatic rings. The molecule has 0 aromatic rings. The third-order valence-corrected chi connectivity index (χ3v) is 3.32. The maximum atomic E-state index is 11.9. The van der Waals surface area contributed by atoms with Gasteiger partial charge in [-0.15, -0.1) is 0 Å². The second kappa shape index (κ2) is 5.91. The number of rotatable bonds is 4. The van der Waals surface area contributed by atoms with Gasteiger partial charge < -0.3 is 10.6 Å². The summed E-state index contributed by atoms with van der Waals surface area (Å²) in [5, 5.41) is 4.87. The number of alkyl halides is 3. The molecule has 1 rings (SSSR count). The van der Waals surface area contributed by atoms with E-state index in [2.05, 4.69) is 24.5 Å². The fourth-order valence-electron chi connectivity index (χ4n) is 2.14. The summed E-state index contributed by atoms with van der Waals surface area (Å²) in [6.45, 7) is 2.98. The van der Waals surface area contributed by atoms with Crippen LogP contribution in [0.2, 0.25) is 0 Å². The van der Waals surface area contributed by atoms with Crippen LogP contribution in [0.5, 0.6) is 0 Å². The third kappa shape index (κ3) is 6.23. The first-order valence-corrected chi connectivity index (χ1v) is 6.25. The van der Waals surface area contributed by atoms with E-state index in [1.165, 1.54) is 0 Å². The Kier molecular flexibility index (Phi) is 5.01. The molecule has 0 aromatic carbocycles. The maximum Gasteiger partial charge on any atom is 0.401 e. The summed E-state index contributed by atoms with van der Waals surface area (Å²) in [7, 11) is 0. The smallest absolute Gasteiger partial charge is 0.352 e. The summed E-state index contributed by atoms with van der Waals surface area (Å²) >= 11 is 0. The summed E-state index contributed by atoms with van der Waals surface area (Å²) in [6, 6.07) is 0.109. The Morgan fingerprint density at radius 3 is 2.33 bits per heavy atom. The number of amides is 1. The van der Waals surface area contributed by atoms with E-state index in [9.17, 15) is 18.0 Å². The molecule has 3 nitrogen and oxygen atoms in total.